The molecule has 1 saturated heterocycles. The molecular formula is C10H22O5. The Bertz CT molecular complexity index is 111. The summed E-state index contributed by atoms with van der Waals surface area (Å²) in [4.78, 5) is 9.82. The fourth-order valence-corrected chi connectivity index (χ4v) is 0.643. The van der Waals surface area contributed by atoms with Crippen LogP contribution < -0.4 is 0 Å². The number of hydrogen-bond donors (Lipinski definition) is 1. The maximum Gasteiger partial charge on any atom is 0.302 e. The van der Waals surface area contributed by atoms with Gasteiger partial charge in [-0.05, 0) is 13.8 Å². The van der Waals surface area contributed by atoms with Crippen LogP contribution in [0.5, 0.6) is 0 Å². The SMILES string of the molecule is C1COCCO1.CCO.CCOC(C)=O. The van der Waals surface area contributed by atoms with Gasteiger partial charge in [-0.15, -0.1) is 0 Å². The van der Waals surface area contributed by atoms with E-state index in [0.29, 0.717) is 6.61 Å². The molecule has 1 heterocycles. The second-order valence-electron chi connectivity index (χ2n) is 2.47. The van der Waals surface area contributed by atoms with Gasteiger partial charge in [0.1, 0.15) is 0 Å². The third-order valence-corrected chi connectivity index (χ3v) is 1.09. The molecule has 0 aromatic carbocycles. The Morgan fingerprint density at radius 3 is 1.60 bits per heavy atom. The number of carbonyl (C=O) groups excluding carboxylic acids is 1. The minimum atomic E-state index is -0.211. The van der Waals surface area contributed by atoms with Crippen molar-refractivity contribution in [1.82, 2.24) is 0 Å². The molecule has 0 atom stereocenters. The lowest BCUT2D eigenvalue weighted by Crippen LogP contribution is -2.16. The first-order chi connectivity index (χ1) is 7.18. The van der Waals surface area contributed by atoms with Crippen LogP contribution in [-0.4, -0.2) is 50.7 Å². The monoisotopic (exact) mass is 222 g/mol. The van der Waals surface area contributed by atoms with Gasteiger partial charge in [0.15, 0.2) is 0 Å². The van der Waals surface area contributed by atoms with Gasteiger partial charge in [0.2, 0.25) is 0 Å². The van der Waals surface area contributed by atoms with Crippen LogP contribution in [0.15, 0.2) is 0 Å². The average Bonchev–Trinajstić information content (AvgIpc) is 2.22. The van der Waals surface area contributed by atoms with E-state index in [1.54, 1.807) is 13.8 Å². The molecule has 0 saturated carbocycles. The third kappa shape index (κ3) is 24.7. The first-order valence-electron chi connectivity index (χ1n) is 5.08. The molecule has 1 N–H and O–H groups in total. The van der Waals surface area contributed by atoms with Crippen molar-refractivity contribution >= 4 is 5.97 Å². The lowest BCUT2D eigenvalue weighted by molar-refractivity contribution is -0.140. The van der Waals surface area contributed by atoms with Crippen LogP contribution in [0.4, 0.5) is 0 Å². The van der Waals surface area contributed by atoms with E-state index in [1.807, 2.05) is 0 Å². The van der Waals surface area contributed by atoms with Crippen molar-refractivity contribution in [2.75, 3.05) is 39.6 Å². The van der Waals surface area contributed by atoms with E-state index in [0.717, 1.165) is 26.4 Å². The Balaban J connectivity index is 0. The highest BCUT2D eigenvalue weighted by Gasteiger charge is 1.94. The van der Waals surface area contributed by atoms with Gasteiger partial charge in [-0.1, -0.05) is 0 Å². The summed E-state index contributed by atoms with van der Waals surface area (Å²) in [5.74, 6) is -0.211. The second-order valence-corrected chi connectivity index (χ2v) is 2.47. The van der Waals surface area contributed by atoms with Crippen LogP contribution in [0.25, 0.3) is 0 Å². The molecule has 0 radical (unpaired) electrons. The largest absolute Gasteiger partial charge is 0.466 e. The van der Waals surface area contributed by atoms with Crippen molar-refractivity contribution in [3.05, 3.63) is 0 Å². The van der Waals surface area contributed by atoms with Crippen molar-refractivity contribution in [2.45, 2.75) is 20.8 Å². The second kappa shape index (κ2) is 15.8. The third-order valence-electron chi connectivity index (χ3n) is 1.09. The number of aliphatic hydroxyl groups is 1. The predicted octanol–water partition coefficient (Wildman–Crippen LogP) is 0.601. The Morgan fingerprint density at radius 1 is 1.20 bits per heavy atom. The lowest BCUT2D eigenvalue weighted by atomic mass is 10.6. The molecule has 5 heteroatoms. The number of esters is 1. The van der Waals surface area contributed by atoms with Crippen LogP contribution in [0.3, 0.4) is 0 Å². The summed E-state index contributed by atoms with van der Waals surface area (Å²) in [6.07, 6.45) is 0. The van der Waals surface area contributed by atoms with Crippen LogP contribution >= 0.6 is 0 Å². The summed E-state index contributed by atoms with van der Waals surface area (Å²) in [5.41, 5.74) is 0. The molecule has 15 heavy (non-hydrogen) atoms. The Labute approximate surface area is 91.3 Å². The Kier molecular flexibility index (Phi) is 17.7. The first-order valence-corrected chi connectivity index (χ1v) is 5.08. The summed E-state index contributed by atoms with van der Waals surface area (Å²) in [7, 11) is 0. The topological polar surface area (TPSA) is 65.0 Å². The van der Waals surface area contributed by atoms with Gasteiger partial charge in [-0.2, -0.15) is 0 Å². The number of ether oxygens (including phenoxy) is 3. The average molecular weight is 222 g/mol. The smallest absolute Gasteiger partial charge is 0.302 e. The number of hydrogen-bond acceptors (Lipinski definition) is 5. The van der Waals surface area contributed by atoms with Crippen LogP contribution in [0.2, 0.25) is 0 Å². The molecule has 0 aromatic heterocycles. The molecule has 92 valence electrons. The predicted molar refractivity (Wildman–Crippen MR) is 56.7 cm³/mol. The summed E-state index contributed by atoms with van der Waals surface area (Å²) in [5, 5.41) is 7.57. The number of carbonyl (C=O) groups is 1. The molecule has 0 bridgehead atoms. The molecule has 0 aliphatic carbocycles. The summed E-state index contributed by atoms with van der Waals surface area (Å²) in [6.45, 7) is 8.69. The highest BCUT2D eigenvalue weighted by Crippen LogP contribution is 1.85. The van der Waals surface area contributed by atoms with Gasteiger partial charge in [-0.25, -0.2) is 0 Å². The van der Waals surface area contributed by atoms with E-state index in [1.165, 1.54) is 6.92 Å². The summed E-state index contributed by atoms with van der Waals surface area (Å²) >= 11 is 0. The van der Waals surface area contributed by atoms with E-state index >= 15 is 0 Å². The van der Waals surface area contributed by atoms with Gasteiger partial charge in [0.25, 0.3) is 0 Å². The van der Waals surface area contributed by atoms with E-state index in [-0.39, 0.29) is 12.6 Å². The van der Waals surface area contributed by atoms with Crippen LogP contribution in [-0.2, 0) is 19.0 Å². The normalized spacial score (nSPS) is 13.9. The van der Waals surface area contributed by atoms with Crippen LogP contribution in [0, 0.1) is 0 Å². The number of aliphatic hydroxyl groups excluding tert-OH is 1. The van der Waals surface area contributed by atoms with Gasteiger partial charge in [-0.3, -0.25) is 4.79 Å². The van der Waals surface area contributed by atoms with Gasteiger partial charge < -0.3 is 19.3 Å². The molecule has 0 aromatic rings. The lowest BCUT2D eigenvalue weighted by Gasteiger charge is -2.09. The quantitative estimate of drug-likeness (QED) is 0.658. The molecular weight excluding hydrogens is 200 g/mol. The summed E-state index contributed by atoms with van der Waals surface area (Å²) in [6, 6.07) is 0. The fraction of sp³-hybridized carbons (Fsp3) is 0.900. The molecule has 0 unspecified atom stereocenters. The highest BCUT2D eigenvalue weighted by molar-refractivity contribution is 5.65. The molecule has 1 rings (SSSR count). The molecule has 1 aliphatic heterocycles. The van der Waals surface area contributed by atoms with E-state index < -0.39 is 0 Å². The van der Waals surface area contributed by atoms with Gasteiger partial charge in [0.05, 0.1) is 33.0 Å². The van der Waals surface area contributed by atoms with Crippen molar-refractivity contribution in [3.63, 3.8) is 0 Å². The highest BCUT2D eigenvalue weighted by atomic mass is 16.6. The Morgan fingerprint density at radius 2 is 1.53 bits per heavy atom. The number of rotatable bonds is 1. The molecule has 0 amide bonds. The van der Waals surface area contributed by atoms with E-state index in [2.05, 4.69) is 4.74 Å². The van der Waals surface area contributed by atoms with E-state index in [9.17, 15) is 4.79 Å². The fourth-order valence-electron chi connectivity index (χ4n) is 0.643. The van der Waals surface area contributed by atoms with Crippen molar-refractivity contribution < 1.29 is 24.1 Å². The van der Waals surface area contributed by atoms with Crippen molar-refractivity contribution in [1.29, 1.82) is 0 Å². The molecule has 1 aliphatic rings. The van der Waals surface area contributed by atoms with Gasteiger partial charge in [0, 0.05) is 13.5 Å². The minimum Gasteiger partial charge on any atom is -0.466 e. The minimum absolute atomic E-state index is 0.211. The Hall–Kier alpha value is -0.650. The van der Waals surface area contributed by atoms with E-state index in [4.69, 9.17) is 14.6 Å². The molecule has 0 spiro atoms. The zero-order chi connectivity index (χ0) is 11.9. The molecule has 5 nitrogen and oxygen atoms in total. The zero-order valence-electron chi connectivity index (χ0n) is 9.82. The van der Waals surface area contributed by atoms with Crippen LogP contribution in [0.1, 0.15) is 20.8 Å². The molecule has 1 fully saturated rings. The maximum absolute atomic E-state index is 9.82. The van der Waals surface area contributed by atoms with Crippen molar-refractivity contribution in [2.24, 2.45) is 0 Å². The summed E-state index contributed by atoms with van der Waals surface area (Å²) < 4.78 is 14.3. The maximum atomic E-state index is 9.82. The standard InChI is InChI=1S/2C4H8O2.C2H6O/c1-2-6-4-3-5-1;1-3-6-4(2)5;1-2-3/h1-4H2;3H2,1-2H3;3H,2H2,1H3. The zero-order valence-corrected chi connectivity index (χ0v) is 9.82. The van der Waals surface area contributed by atoms with Crippen molar-refractivity contribution in [3.8, 4) is 0 Å². The first kappa shape index (κ1) is 16.8. The van der Waals surface area contributed by atoms with Gasteiger partial charge >= 0.3 is 5.97 Å².